The Bertz CT molecular complexity index is 421. The molecule has 0 aromatic heterocycles. The lowest BCUT2D eigenvalue weighted by atomic mass is 9.81. The SMILES string of the molecule is COC(C[C@@H](C)CC(C)C)C[C@@H](C)C(=O)C(C)C(O)[C@](C)(O)COC=O. The van der Waals surface area contributed by atoms with Crippen LogP contribution < -0.4 is 0 Å². The van der Waals surface area contributed by atoms with Crippen molar-refractivity contribution in [1.29, 1.82) is 0 Å². The van der Waals surface area contributed by atoms with E-state index in [1.807, 2.05) is 6.92 Å². The van der Waals surface area contributed by atoms with E-state index in [4.69, 9.17) is 4.74 Å². The number of carbonyl (C=O) groups is 2. The molecule has 0 aromatic carbocycles. The minimum Gasteiger partial charge on any atom is -0.465 e. The van der Waals surface area contributed by atoms with E-state index in [9.17, 15) is 19.8 Å². The fourth-order valence-electron chi connectivity index (χ4n) is 3.58. The summed E-state index contributed by atoms with van der Waals surface area (Å²) in [6.45, 7) is 11.2. The molecule has 6 heteroatoms. The Labute approximate surface area is 158 Å². The van der Waals surface area contributed by atoms with Gasteiger partial charge >= 0.3 is 0 Å². The van der Waals surface area contributed by atoms with Crippen LogP contribution in [0.15, 0.2) is 0 Å². The van der Waals surface area contributed by atoms with Crippen LogP contribution in [0.1, 0.15) is 60.8 Å². The van der Waals surface area contributed by atoms with Gasteiger partial charge in [-0.3, -0.25) is 9.59 Å². The molecule has 0 aliphatic heterocycles. The summed E-state index contributed by atoms with van der Waals surface area (Å²) in [6.07, 6.45) is 1.22. The Morgan fingerprint density at radius 3 is 2.15 bits per heavy atom. The highest BCUT2D eigenvalue weighted by molar-refractivity contribution is 5.83. The van der Waals surface area contributed by atoms with Crippen molar-refractivity contribution in [3.05, 3.63) is 0 Å². The number of Topliss-reactive ketones (excluding diaryl/α,β-unsaturated/α-hetero) is 1. The maximum absolute atomic E-state index is 12.7. The molecule has 0 amide bonds. The molecule has 3 unspecified atom stereocenters. The Morgan fingerprint density at radius 2 is 1.69 bits per heavy atom. The fourth-order valence-corrected chi connectivity index (χ4v) is 3.58. The molecule has 0 saturated heterocycles. The number of rotatable bonds is 14. The largest absolute Gasteiger partial charge is 0.465 e. The number of hydrogen-bond acceptors (Lipinski definition) is 6. The molecule has 154 valence electrons. The van der Waals surface area contributed by atoms with Crippen LogP contribution in [0.2, 0.25) is 0 Å². The predicted molar refractivity (Wildman–Crippen MR) is 101 cm³/mol. The maximum Gasteiger partial charge on any atom is 0.293 e. The van der Waals surface area contributed by atoms with Crippen molar-refractivity contribution in [1.82, 2.24) is 0 Å². The first-order chi connectivity index (χ1) is 12.0. The predicted octanol–water partition coefficient (Wildman–Crippen LogP) is 2.59. The maximum atomic E-state index is 12.7. The highest BCUT2D eigenvalue weighted by Gasteiger charge is 2.39. The average molecular weight is 375 g/mol. The van der Waals surface area contributed by atoms with Gasteiger partial charge < -0.3 is 19.7 Å². The van der Waals surface area contributed by atoms with E-state index >= 15 is 0 Å². The van der Waals surface area contributed by atoms with Crippen molar-refractivity contribution in [2.24, 2.45) is 23.7 Å². The molecule has 0 fully saturated rings. The summed E-state index contributed by atoms with van der Waals surface area (Å²) in [5.74, 6) is -0.0963. The van der Waals surface area contributed by atoms with Crippen LogP contribution in [0.25, 0.3) is 0 Å². The van der Waals surface area contributed by atoms with Crippen LogP contribution in [0.3, 0.4) is 0 Å². The summed E-state index contributed by atoms with van der Waals surface area (Å²) < 4.78 is 10.1. The zero-order valence-corrected chi connectivity index (χ0v) is 17.4. The second-order valence-electron chi connectivity index (χ2n) is 8.37. The molecule has 6 atom stereocenters. The smallest absolute Gasteiger partial charge is 0.293 e. The zero-order chi connectivity index (χ0) is 20.5. The van der Waals surface area contributed by atoms with Gasteiger partial charge in [-0.15, -0.1) is 0 Å². The third-order valence-corrected chi connectivity index (χ3v) is 4.98. The van der Waals surface area contributed by atoms with Crippen LogP contribution in [0, 0.1) is 23.7 Å². The first-order valence-electron chi connectivity index (χ1n) is 9.48. The van der Waals surface area contributed by atoms with Gasteiger partial charge in [0.25, 0.3) is 6.47 Å². The minimum absolute atomic E-state index is 0.0223. The fraction of sp³-hybridized carbons (Fsp3) is 0.900. The van der Waals surface area contributed by atoms with E-state index in [0.29, 0.717) is 18.3 Å². The van der Waals surface area contributed by atoms with Gasteiger partial charge in [0.05, 0.1) is 12.2 Å². The number of ether oxygens (including phenoxy) is 2. The van der Waals surface area contributed by atoms with E-state index in [0.717, 1.165) is 12.8 Å². The molecule has 0 radical (unpaired) electrons. The monoisotopic (exact) mass is 374 g/mol. The van der Waals surface area contributed by atoms with Gasteiger partial charge in [-0.2, -0.15) is 0 Å². The number of aliphatic hydroxyl groups excluding tert-OH is 1. The van der Waals surface area contributed by atoms with E-state index in [-0.39, 0.29) is 30.9 Å². The van der Waals surface area contributed by atoms with Gasteiger partial charge in [-0.05, 0) is 38.0 Å². The van der Waals surface area contributed by atoms with Gasteiger partial charge in [0, 0.05) is 18.9 Å². The summed E-state index contributed by atoms with van der Waals surface area (Å²) in [5.41, 5.74) is -1.68. The van der Waals surface area contributed by atoms with Crippen molar-refractivity contribution in [2.75, 3.05) is 13.7 Å². The topological polar surface area (TPSA) is 93.1 Å². The van der Waals surface area contributed by atoms with Gasteiger partial charge in [0.1, 0.15) is 18.0 Å². The Balaban J connectivity index is 4.78. The third kappa shape index (κ3) is 8.60. The van der Waals surface area contributed by atoms with Crippen molar-refractivity contribution in [2.45, 2.75) is 78.6 Å². The second kappa shape index (κ2) is 11.7. The van der Waals surface area contributed by atoms with Crippen LogP contribution in [0.5, 0.6) is 0 Å². The molecule has 0 heterocycles. The molecule has 0 bridgehead atoms. The first kappa shape index (κ1) is 25.0. The summed E-state index contributed by atoms with van der Waals surface area (Å²) in [5, 5.41) is 20.6. The van der Waals surface area contributed by atoms with Crippen molar-refractivity contribution in [3.8, 4) is 0 Å². The van der Waals surface area contributed by atoms with Gasteiger partial charge in [0.15, 0.2) is 0 Å². The second-order valence-corrected chi connectivity index (χ2v) is 8.37. The molecule has 0 aliphatic rings. The third-order valence-electron chi connectivity index (χ3n) is 4.98. The average Bonchev–Trinajstić information content (AvgIpc) is 2.56. The summed E-state index contributed by atoms with van der Waals surface area (Å²) in [6, 6.07) is 0. The molecule has 6 nitrogen and oxygen atoms in total. The molecule has 0 saturated carbocycles. The molecule has 0 rings (SSSR count). The summed E-state index contributed by atoms with van der Waals surface area (Å²) in [4.78, 5) is 23.0. The Morgan fingerprint density at radius 1 is 1.12 bits per heavy atom. The normalized spacial score (nSPS) is 19.9. The molecule has 0 aliphatic carbocycles. The lowest BCUT2D eigenvalue weighted by Crippen LogP contribution is -2.49. The lowest BCUT2D eigenvalue weighted by Gasteiger charge is -2.33. The number of aliphatic hydroxyl groups is 2. The van der Waals surface area contributed by atoms with Crippen LogP contribution >= 0.6 is 0 Å². The van der Waals surface area contributed by atoms with Crippen LogP contribution in [0.4, 0.5) is 0 Å². The standard InChI is InChI=1S/C20H38O6/c1-13(2)8-14(3)9-17(25-7)10-15(4)18(22)16(5)19(23)20(6,24)11-26-12-21/h12-17,19,23-24H,8-11H2,1-7H3/t14-,15+,16?,17?,19?,20+/m0/s1. The van der Waals surface area contributed by atoms with E-state index < -0.39 is 17.6 Å². The van der Waals surface area contributed by atoms with E-state index in [2.05, 4.69) is 25.5 Å². The number of ketones is 1. The highest BCUT2D eigenvalue weighted by Crippen LogP contribution is 2.26. The number of carbonyl (C=O) groups excluding carboxylic acids is 2. The first-order valence-corrected chi connectivity index (χ1v) is 9.48. The van der Waals surface area contributed by atoms with Crippen molar-refractivity contribution < 1.29 is 29.3 Å². The number of hydrogen-bond donors (Lipinski definition) is 2. The highest BCUT2D eigenvalue weighted by atomic mass is 16.5. The molecule has 0 aromatic rings. The zero-order valence-electron chi connectivity index (χ0n) is 17.4. The quantitative estimate of drug-likeness (QED) is 0.454. The molecular weight excluding hydrogens is 336 g/mol. The Kier molecular flexibility index (Phi) is 11.2. The number of methoxy groups -OCH3 is 1. The van der Waals surface area contributed by atoms with Crippen molar-refractivity contribution >= 4 is 12.3 Å². The van der Waals surface area contributed by atoms with Crippen molar-refractivity contribution in [3.63, 3.8) is 0 Å². The molecular formula is C20H38O6. The minimum atomic E-state index is -1.68. The molecule has 0 spiro atoms. The molecule has 2 N–H and O–H groups in total. The summed E-state index contributed by atoms with van der Waals surface area (Å²) >= 11 is 0. The van der Waals surface area contributed by atoms with E-state index in [1.54, 1.807) is 14.0 Å². The van der Waals surface area contributed by atoms with Crippen LogP contribution in [-0.2, 0) is 19.1 Å². The molecule has 26 heavy (non-hydrogen) atoms. The van der Waals surface area contributed by atoms with Crippen LogP contribution in [-0.4, -0.2) is 54.0 Å². The van der Waals surface area contributed by atoms with E-state index in [1.165, 1.54) is 6.92 Å². The van der Waals surface area contributed by atoms with Gasteiger partial charge in [-0.1, -0.05) is 34.6 Å². The lowest BCUT2D eigenvalue weighted by molar-refractivity contribution is -0.155. The Hall–Kier alpha value is -0.980. The van der Waals surface area contributed by atoms with Gasteiger partial charge in [0.2, 0.25) is 0 Å². The summed E-state index contributed by atoms with van der Waals surface area (Å²) in [7, 11) is 1.66. The van der Waals surface area contributed by atoms with Gasteiger partial charge in [-0.25, -0.2) is 0 Å².